The Morgan fingerprint density at radius 2 is 1.89 bits per heavy atom. The maximum Gasteiger partial charge on any atom is 0.411 e. The highest BCUT2D eigenvalue weighted by atomic mass is 35.5. The first kappa shape index (κ1) is 32.6. The van der Waals surface area contributed by atoms with Gasteiger partial charge in [-0.2, -0.15) is 10.2 Å². The molecule has 2 amide bonds. The molecule has 3 heterocycles. The Labute approximate surface area is 259 Å². The van der Waals surface area contributed by atoms with Gasteiger partial charge in [-0.1, -0.05) is 11.6 Å². The number of hydrogen-bond acceptors (Lipinski definition) is 10. The average molecular weight is 628 g/mol. The van der Waals surface area contributed by atoms with Gasteiger partial charge in [0.25, 0.3) is 0 Å². The van der Waals surface area contributed by atoms with E-state index in [0.717, 1.165) is 0 Å². The van der Waals surface area contributed by atoms with Gasteiger partial charge in [-0.15, -0.1) is 0 Å². The van der Waals surface area contributed by atoms with Crippen molar-refractivity contribution < 1.29 is 28.2 Å². The lowest BCUT2D eigenvalue weighted by atomic mass is 10.1. The number of piperazine rings is 1. The van der Waals surface area contributed by atoms with Crippen LogP contribution in [0.1, 0.15) is 32.9 Å². The molecule has 1 aliphatic heterocycles. The van der Waals surface area contributed by atoms with Crippen LogP contribution in [-0.4, -0.2) is 87.9 Å². The molecule has 0 radical (unpaired) electrons. The predicted octanol–water partition coefficient (Wildman–Crippen LogP) is 4.81. The Hall–Kier alpha value is -4.36. The molecule has 1 aliphatic rings. The van der Waals surface area contributed by atoms with Crippen molar-refractivity contribution in [3.8, 4) is 11.3 Å². The molecule has 1 atom stereocenters. The Bertz CT molecular complexity index is 1530. The van der Waals surface area contributed by atoms with E-state index < -0.39 is 29.5 Å². The van der Waals surface area contributed by atoms with Crippen LogP contribution in [0.5, 0.6) is 0 Å². The van der Waals surface area contributed by atoms with E-state index in [4.69, 9.17) is 21.1 Å². The lowest BCUT2D eigenvalue weighted by Crippen LogP contribution is -2.59. The van der Waals surface area contributed by atoms with E-state index in [0.29, 0.717) is 46.7 Å². The van der Waals surface area contributed by atoms with E-state index in [1.165, 1.54) is 36.4 Å². The quantitative estimate of drug-likeness (QED) is 0.335. The number of rotatable bonds is 8. The number of carbonyl (C=O) groups is 3. The van der Waals surface area contributed by atoms with Crippen molar-refractivity contribution in [3.63, 3.8) is 0 Å². The third kappa shape index (κ3) is 8.60. The molecule has 2 N–H and O–H groups in total. The number of hydrogen-bond donors (Lipinski definition) is 2. The lowest BCUT2D eigenvalue weighted by molar-refractivity contribution is -0.149. The van der Waals surface area contributed by atoms with Crippen LogP contribution in [0.4, 0.5) is 26.4 Å². The molecule has 0 saturated carbocycles. The van der Waals surface area contributed by atoms with Crippen LogP contribution in [0.25, 0.3) is 11.3 Å². The number of halogens is 2. The van der Waals surface area contributed by atoms with Crippen molar-refractivity contribution in [2.45, 2.75) is 45.8 Å². The fourth-order valence-electron chi connectivity index (χ4n) is 4.52. The van der Waals surface area contributed by atoms with Crippen LogP contribution in [0, 0.1) is 12.7 Å². The summed E-state index contributed by atoms with van der Waals surface area (Å²) in [6.07, 6.45) is 1.08. The minimum atomic E-state index is -0.849. The Morgan fingerprint density at radius 1 is 1.11 bits per heavy atom. The summed E-state index contributed by atoms with van der Waals surface area (Å²) in [7, 11) is 1.27. The highest BCUT2D eigenvalue weighted by Gasteiger charge is 2.38. The molecule has 3 aromatic rings. The van der Waals surface area contributed by atoms with E-state index in [-0.39, 0.29) is 31.0 Å². The second-order valence-electron chi connectivity index (χ2n) is 11.2. The number of benzene rings is 1. The zero-order valence-electron chi connectivity index (χ0n) is 25.2. The van der Waals surface area contributed by atoms with Gasteiger partial charge in [0.1, 0.15) is 23.3 Å². The third-order valence-corrected chi connectivity index (χ3v) is 6.95. The zero-order valence-corrected chi connectivity index (χ0v) is 25.9. The molecule has 234 valence electrons. The summed E-state index contributed by atoms with van der Waals surface area (Å²) >= 11 is 6.04. The molecule has 0 aliphatic carbocycles. The number of ether oxygens (including phenoxy) is 2. The van der Waals surface area contributed by atoms with E-state index in [1.807, 2.05) is 4.90 Å². The molecule has 1 aromatic carbocycles. The van der Waals surface area contributed by atoms with Gasteiger partial charge in [0.2, 0.25) is 5.91 Å². The molecule has 1 saturated heterocycles. The van der Waals surface area contributed by atoms with Crippen molar-refractivity contribution in [2.24, 2.45) is 0 Å². The average Bonchev–Trinajstić information content (AvgIpc) is 2.97. The fraction of sp³-hybridized carbons (Fsp3) is 0.400. The van der Waals surface area contributed by atoms with E-state index in [9.17, 15) is 18.8 Å². The van der Waals surface area contributed by atoms with E-state index in [2.05, 4.69) is 25.8 Å². The first-order valence-corrected chi connectivity index (χ1v) is 14.3. The highest BCUT2D eigenvalue weighted by molar-refractivity contribution is 6.30. The van der Waals surface area contributed by atoms with Crippen molar-refractivity contribution in [2.75, 3.05) is 43.9 Å². The van der Waals surface area contributed by atoms with Gasteiger partial charge < -0.3 is 20.1 Å². The standard InChI is InChI=1S/C30H35ClFN7O5/c1-18-23(16-24(37-36-18)21-14-19(31)6-7-22(21)32)34-20-8-10-33-26(15-20)35-27(40)9-11-38-12-13-39(25(17-38)28(41)43-5)29(42)44-30(2,3)4/h6-8,10,14-16,25H,9,11-13,17H2,1-5H3,(H2,33,34,35,37,40). The summed E-state index contributed by atoms with van der Waals surface area (Å²) < 4.78 is 24.8. The molecule has 12 nitrogen and oxygen atoms in total. The first-order chi connectivity index (χ1) is 20.8. The van der Waals surface area contributed by atoms with Gasteiger partial charge in [0.05, 0.1) is 24.2 Å². The number of nitrogens with one attached hydrogen (secondary N) is 2. The van der Waals surface area contributed by atoms with Crippen molar-refractivity contribution in [1.82, 2.24) is 25.0 Å². The van der Waals surface area contributed by atoms with Crippen LogP contribution in [0.2, 0.25) is 5.02 Å². The number of esters is 1. The number of pyridine rings is 1. The molecule has 0 spiro atoms. The van der Waals surface area contributed by atoms with E-state index >= 15 is 0 Å². The Kier molecular flexibility index (Phi) is 10.3. The molecular weight excluding hydrogens is 593 g/mol. The summed E-state index contributed by atoms with van der Waals surface area (Å²) in [4.78, 5) is 45.4. The summed E-state index contributed by atoms with van der Waals surface area (Å²) in [6.45, 7) is 8.29. The molecule has 44 heavy (non-hydrogen) atoms. The number of aryl methyl sites for hydroxylation is 1. The smallest absolute Gasteiger partial charge is 0.411 e. The van der Waals surface area contributed by atoms with Crippen molar-refractivity contribution >= 4 is 46.8 Å². The monoisotopic (exact) mass is 627 g/mol. The second-order valence-corrected chi connectivity index (χ2v) is 11.7. The summed E-state index contributed by atoms with van der Waals surface area (Å²) in [5.41, 5.74) is 1.60. The van der Waals surface area contributed by atoms with Gasteiger partial charge in [-0.25, -0.2) is 19.0 Å². The SMILES string of the molecule is COC(=O)C1CN(CCC(=O)Nc2cc(Nc3cc(-c4cc(Cl)ccc4F)nnc3C)ccn2)CCN1C(=O)OC(C)(C)C. The number of carbonyl (C=O) groups excluding carboxylic acids is 3. The second kappa shape index (κ2) is 14.0. The van der Waals surface area contributed by atoms with Crippen LogP contribution in [0.3, 0.4) is 0 Å². The van der Waals surface area contributed by atoms with Crippen molar-refractivity contribution in [1.29, 1.82) is 0 Å². The fourth-order valence-corrected chi connectivity index (χ4v) is 4.69. The molecule has 14 heteroatoms. The predicted molar refractivity (Wildman–Crippen MR) is 163 cm³/mol. The third-order valence-electron chi connectivity index (χ3n) is 6.71. The number of amides is 2. The summed E-state index contributed by atoms with van der Waals surface area (Å²) in [5, 5.41) is 14.6. The van der Waals surface area contributed by atoms with Crippen LogP contribution < -0.4 is 10.6 Å². The zero-order chi connectivity index (χ0) is 32.0. The number of methoxy groups -OCH3 is 1. The lowest BCUT2D eigenvalue weighted by Gasteiger charge is -2.40. The van der Waals surface area contributed by atoms with Gasteiger partial charge in [-0.3, -0.25) is 14.6 Å². The molecule has 2 aromatic heterocycles. The normalized spacial score (nSPS) is 15.4. The molecular formula is C30H35ClFN7O5. The Balaban J connectivity index is 1.36. The maximum absolute atomic E-state index is 14.4. The largest absolute Gasteiger partial charge is 0.467 e. The number of aromatic nitrogens is 3. The Morgan fingerprint density at radius 3 is 2.61 bits per heavy atom. The van der Waals surface area contributed by atoms with Gasteiger partial charge in [0, 0.05) is 61.1 Å². The molecule has 4 rings (SSSR count). The summed E-state index contributed by atoms with van der Waals surface area (Å²) in [6, 6.07) is 8.40. The topological polar surface area (TPSA) is 139 Å². The maximum atomic E-state index is 14.4. The highest BCUT2D eigenvalue weighted by Crippen LogP contribution is 2.28. The molecule has 1 unspecified atom stereocenters. The van der Waals surface area contributed by atoms with Gasteiger partial charge in [0.15, 0.2) is 0 Å². The van der Waals surface area contributed by atoms with Crippen molar-refractivity contribution in [3.05, 3.63) is 59.1 Å². The molecule has 1 fully saturated rings. The first-order valence-electron chi connectivity index (χ1n) is 14.0. The number of nitrogens with zero attached hydrogens (tertiary/aromatic N) is 5. The number of anilines is 3. The van der Waals surface area contributed by atoms with E-state index in [1.54, 1.807) is 45.9 Å². The van der Waals surface area contributed by atoms with Crippen LogP contribution in [0.15, 0.2) is 42.6 Å². The minimum Gasteiger partial charge on any atom is -0.467 e. The van der Waals surface area contributed by atoms with Crippen LogP contribution in [-0.2, 0) is 19.1 Å². The molecule has 0 bridgehead atoms. The minimum absolute atomic E-state index is 0.127. The van der Waals surface area contributed by atoms with Gasteiger partial charge in [-0.05, 0) is 58.0 Å². The van der Waals surface area contributed by atoms with Crippen LogP contribution >= 0.6 is 11.6 Å². The van der Waals surface area contributed by atoms with Gasteiger partial charge >= 0.3 is 12.1 Å². The summed E-state index contributed by atoms with van der Waals surface area (Å²) in [5.74, 6) is -0.983.